The van der Waals surface area contributed by atoms with Gasteiger partial charge in [-0.1, -0.05) is 24.3 Å². The van der Waals surface area contributed by atoms with Gasteiger partial charge in [0.05, 0.1) is 33.0 Å². The molecule has 6 heteroatoms. The molecule has 1 heterocycles. The SMILES string of the molecule is COc1cc2c(c(OC)c1)C(=O)OCC/C=C/[C@@H](O)[C@@H](O)CC/C=C/2. The Balaban J connectivity index is 2.38. The summed E-state index contributed by atoms with van der Waals surface area (Å²) < 4.78 is 15.9. The summed E-state index contributed by atoms with van der Waals surface area (Å²) in [5.74, 6) is 0.458. The molecule has 2 rings (SSSR count). The number of ether oxygens (including phenoxy) is 3. The van der Waals surface area contributed by atoms with Gasteiger partial charge in [-0.05, 0) is 30.9 Å². The summed E-state index contributed by atoms with van der Waals surface area (Å²) in [7, 11) is 3.02. The maximum atomic E-state index is 12.5. The molecular weight excluding hydrogens is 324 g/mol. The van der Waals surface area contributed by atoms with Gasteiger partial charge in [-0.15, -0.1) is 0 Å². The van der Waals surface area contributed by atoms with Gasteiger partial charge in [-0.3, -0.25) is 0 Å². The number of benzene rings is 1. The highest BCUT2D eigenvalue weighted by molar-refractivity contribution is 5.97. The van der Waals surface area contributed by atoms with E-state index in [0.29, 0.717) is 41.9 Å². The normalized spacial score (nSPS) is 24.4. The summed E-state index contributed by atoms with van der Waals surface area (Å²) in [6.45, 7) is 0.163. The lowest BCUT2D eigenvalue weighted by Crippen LogP contribution is -2.23. The van der Waals surface area contributed by atoms with Crippen molar-refractivity contribution in [1.29, 1.82) is 0 Å². The summed E-state index contributed by atoms with van der Waals surface area (Å²) >= 11 is 0. The number of hydrogen-bond donors (Lipinski definition) is 2. The van der Waals surface area contributed by atoms with Gasteiger partial charge in [0.2, 0.25) is 0 Å². The van der Waals surface area contributed by atoms with Crippen molar-refractivity contribution in [2.45, 2.75) is 31.5 Å². The van der Waals surface area contributed by atoms with Crippen LogP contribution in [-0.2, 0) is 4.74 Å². The highest BCUT2D eigenvalue weighted by atomic mass is 16.5. The first-order valence-corrected chi connectivity index (χ1v) is 8.19. The Bertz CT molecular complexity index is 650. The number of carbonyl (C=O) groups excluding carboxylic acids is 1. The van der Waals surface area contributed by atoms with E-state index in [1.807, 2.05) is 6.08 Å². The lowest BCUT2D eigenvalue weighted by Gasteiger charge is -2.15. The smallest absolute Gasteiger partial charge is 0.342 e. The summed E-state index contributed by atoms with van der Waals surface area (Å²) in [4.78, 5) is 12.5. The van der Waals surface area contributed by atoms with Crippen molar-refractivity contribution in [3.8, 4) is 11.5 Å². The lowest BCUT2D eigenvalue weighted by molar-refractivity contribution is 0.0433. The number of methoxy groups -OCH3 is 2. The molecule has 0 unspecified atom stereocenters. The van der Waals surface area contributed by atoms with E-state index in [0.717, 1.165) is 0 Å². The van der Waals surface area contributed by atoms with Gasteiger partial charge in [0.25, 0.3) is 0 Å². The number of rotatable bonds is 2. The molecule has 2 N–H and O–H groups in total. The summed E-state index contributed by atoms with van der Waals surface area (Å²) in [5.41, 5.74) is 0.949. The largest absolute Gasteiger partial charge is 0.497 e. The third-order valence-corrected chi connectivity index (χ3v) is 3.94. The Morgan fingerprint density at radius 2 is 1.92 bits per heavy atom. The molecular formula is C19H24O6. The monoisotopic (exact) mass is 348 g/mol. The molecule has 6 nitrogen and oxygen atoms in total. The van der Waals surface area contributed by atoms with Crippen molar-refractivity contribution in [1.82, 2.24) is 0 Å². The summed E-state index contributed by atoms with van der Waals surface area (Å²) in [6, 6.07) is 3.36. The Morgan fingerprint density at radius 3 is 2.64 bits per heavy atom. The van der Waals surface area contributed by atoms with Crippen LogP contribution >= 0.6 is 0 Å². The fourth-order valence-electron chi connectivity index (χ4n) is 2.54. The Morgan fingerprint density at radius 1 is 1.12 bits per heavy atom. The third kappa shape index (κ3) is 5.08. The number of aliphatic hydroxyl groups excluding tert-OH is 2. The maximum absolute atomic E-state index is 12.5. The molecule has 25 heavy (non-hydrogen) atoms. The molecule has 0 radical (unpaired) electrons. The molecule has 0 aliphatic carbocycles. The van der Waals surface area contributed by atoms with E-state index in [2.05, 4.69) is 0 Å². The molecule has 136 valence electrons. The van der Waals surface area contributed by atoms with Gasteiger partial charge in [0.1, 0.15) is 17.1 Å². The van der Waals surface area contributed by atoms with Crippen molar-refractivity contribution in [3.05, 3.63) is 41.5 Å². The molecule has 0 aromatic heterocycles. The molecule has 1 aliphatic heterocycles. The van der Waals surface area contributed by atoms with E-state index in [1.165, 1.54) is 20.3 Å². The molecule has 0 fully saturated rings. The summed E-state index contributed by atoms with van der Waals surface area (Å²) in [6.07, 6.45) is 6.42. The van der Waals surface area contributed by atoms with Gasteiger partial charge >= 0.3 is 5.97 Å². The Kier molecular flexibility index (Phi) is 7.03. The van der Waals surface area contributed by atoms with Crippen LogP contribution in [0.15, 0.2) is 30.4 Å². The van der Waals surface area contributed by atoms with Crippen LogP contribution in [0.4, 0.5) is 0 Å². The first kappa shape index (κ1) is 19.0. The minimum atomic E-state index is -0.931. The van der Waals surface area contributed by atoms with Crippen molar-refractivity contribution in [3.63, 3.8) is 0 Å². The minimum Gasteiger partial charge on any atom is -0.497 e. The fourth-order valence-corrected chi connectivity index (χ4v) is 2.54. The third-order valence-electron chi connectivity index (χ3n) is 3.94. The molecule has 1 aliphatic rings. The van der Waals surface area contributed by atoms with Crippen molar-refractivity contribution >= 4 is 12.0 Å². The second kappa shape index (κ2) is 9.25. The Labute approximate surface area is 147 Å². The standard InChI is InChI=1S/C19H24O6/c1-23-14-11-13-7-3-4-8-15(20)16(21)9-5-6-10-25-19(22)18(13)17(12-14)24-2/h3,5,7,9,11-12,15-16,20-21H,4,6,8,10H2,1-2H3/b7-3+,9-5+/t15-,16+/m0/s1. The molecule has 0 amide bonds. The average Bonchev–Trinajstić information content (AvgIpc) is 2.62. The molecule has 0 saturated carbocycles. The molecule has 1 aromatic rings. The number of cyclic esters (lactones) is 1. The van der Waals surface area contributed by atoms with E-state index in [4.69, 9.17) is 14.2 Å². The van der Waals surface area contributed by atoms with Crippen LogP contribution in [0.3, 0.4) is 0 Å². The predicted octanol–water partition coefficient (Wildman–Crippen LogP) is 2.34. The quantitative estimate of drug-likeness (QED) is 0.630. The summed E-state index contributed by atoms with van der Waals surface area (Å²) in [5, 5.41) is 19.8. The van der Waals surface area contributed by atoms with E-state index >= 15 is 0 Å². The number of carbonyl (C=O) groups is 1. The predicted molar refractivity (Wildman–Crippen MR) is 93.9 cm³/mol. The molecule has 2 atom stereocenters. The van der Waals surface area contributed by atoms with Crippen LogP contribution in [0.1, 0.15) is 35.2 Å². The highest BCUT2D eigenvalue weighted by Gasteiger charge is 2.20. The van der Waals surface area contributed by atoms with Gasteiger partial charge in [0, 0.05) is 6.07 Å². The zero-order valence-corrected chi connectivity index (χ0v) is 14.5. The number of allylic oxidation sites excluding steroid dienone is 1. The van der Waals surface area contributed by atoms with Gasteiger partial charge in [0.15, 0.2) is 0 Å². The second-order valence-corrected chi connectivity index (χ2v) is 5.68. The van der Waals surface area contributed by atoms with Gasteiger partial charge < -0.3 is 24.4 Å². The van der Waals surface area contributed by atoms with Gasteiger partial charge in [-0.2, -0.15) is 0 Å². The lowest BCUT2D eigenvalue weighted by atomic mass is 10.0. The van der Waals surface area contributed by atoms with E-state index in [-0.39, 0.29) is 6.61 Å². The van der Waals surface area contributed by atoms with E-state index in [1.54, 1.807) is 24.3 Å². The molecule has 0 spiro atoms. The Hall–Kier alpha value is -2.31. The number of hydrogen-bond acceptors (Lipinski definition) is 6. The van der Waals surface area contributed by atoms with Gasteiger partial charge in [-0.25, -0.2) is 4.79 Å². The first-order valence-electron chi connectivity index (χ1n) is 8.19. The average molecular weight is 348 g/mol. The molecule has 1 aromatic carbocycles. The van der Waals surface area contributed by atoms with Crippen LogP contribution < -0.4 is 9.47 Å². The zero-order chi connectivity index (χ0) is 18.2. The number of aliphatic hydroxyl groups is 2. The zero-order valence-electron chi connectivity index (χ0n) is 14.5. The van der Waals surface area contributed by atoms with Crippen LogP contribution in [0.5, 0.6) is 11.5 Å². The van der Waals surface area contributed by atoms with Crippen LogP contribution in [0.2, 0.25) is 0 Å². The number of fused-ring (bicyclic) bond motifs is 1. The van der Waals surface area contributed by atoms with Crippen molar-refractivity contribution in [2.24, 2.45) is 0 Å². The number of esters is 1. The van der Waals surface area contributed by atoms with Crippen molar-refractivity contribution < 1.29 is 29.2 Å². The van der Waals surface area contributed by atoms with Crippen LogP contribution in [-0.4, -0.2) is 49.2 Å². The highest BCUT2D eigenvalue weighted by Crippen LogP contribution is 2.30. The van der Waals surface area contributed by atoms with Crippen LogP contribution in [0.25, 0.3) is 6.08 Å². The molecule has 0 bridgehead atoms. The van der Waals surface area contributed by atoms with Crippen LogP contribution in [0, 0.1) is 0 Å². The van der Waals surface area contributed by atoms with E-state index in [9.17, 15) is 15.0 Å². The first-order chi connectivity index (χ1) is 12.1. The molecule has 0 saturated heterocycles. The maximum Gasteiger partial charge on any atom is 0.342 e. The second-order valence-electron chi connectivity index (χ2n) is 5.68. The van der Waals surface area contributed by atoms with Crippen molar-refractivity contribution in [2.75, 3.05) is 20.8 Å². The minimum absolute atomic E-state index is 0.163. The fraction of sp³-hybridized carbons (Fsp3) is 0.421. The van der Waals surface area contributed by atoms with E-state index < -0.39 is 18.2 Å². The topological polar surface area (TPSA) is 85.2 Å².